The van der Waals surface area contributed by atoms with Gasteiger partial charge in [0, 0.05) is 31.7 Å². The fraction of sp³-hybridized carbons (Fsp3) is 0.353. The zero-order chi connectivity index (χ0) is 17.0. The van der Waals surface area contributed by atoms with E-state index in [9.17, 15) is 8.42 Å². The largest absolute Gasteiger partial charge is 0.265 e. The zero-order valence-electron chi connectivity index (χ0n) is 13.2. The summed E-state index contributed by atoms with van der Waals surface area (Å²) in [5.41, 5.74) is 1.42. The lowest BCUT2D eigenvalue weighted by Gasteiger charge is -2.20. The van der Waals surface area contributed by atoms with Crippen molar-refractivity contribution in [2.24, 2.45) is 0 Å². The molecule has 6 nitrogen and oxygen atoms in total. The van der Waals surface area contributed by atoms with Crippen LogP contribution in [0, 0.1) is 11.3 Å². The molecule has 7 heteroatoms. The van der Waals surface area contributed by atoms with Crippen molar-refractivity contribution in [1.82, 2.24) is 14.3 Å². The van der Waals surface area contributed by atoms with Gasteiger partial charge in [-0.25, -0.2) is 13.4 Å². The number of hydrogen-bond donors (Lipinski definition) is 0. The summed E-state index contributed by atoms with van der Waals surface area (Å²) < 4.78 is 27.1. The van der Waals surface area contributed by atoms with Gasteiger partial charge in [-0.05, 0) is 55.0 Å². The first-order valence-corrected chi connectivity index (χ1v) is 9.31. The van der Waals surface area contributed by atoms with Gasteiger partial charge in [0.05, 0.1) is 0 Å². The van der Waals surface area contributed by atoms with Crippen LogP contribution in [0.15, 0.2) is 47.8 Å². The molecule has 0 aliphatic carbocycles. The van der Waals surface area contributed by atoms with Gasteiger partial charge < -0.3 is 0 Å². The minimum Gasteiger partial charge on any atom is -0.265 e. The predicted octanol–water partition coefficient (Wildman–Crippen LogP) is 2.31. The van der Waals surface area contributed by atoms with Crippen molar-refractivity contribution >= 4 is 10.0 Å². The van der Waals surface area contributed by atoms with E-state index in [1.165, 1.54) is 28.2 Å². The maximum absolute atomic E-state index is 12.8. The summed E-state index contributed by atoms with van der Waals surface area (Å²) in [5.74, 6) is 0.354. The van der Waals surface area contributed by atoms with Gasteiger partial charge in [-0.3, -0.25) is 4.98 Å². The third kappa shape index (κ3) is 3.45. The second-order valence-electron chi connectivity index (χ2n) is 5.80. The van der Waals surface area contributed by atoms with Gasteiger partial charge in [0.1, 0.15) is 16.7 Å². The minimum atomic E-state index is -3.57. The Morgan fingerprint density at radius 2 is 1.92 bits per heavy atom. The Bertz CT molecular complexity index is 829. The van der Waals surface area contributed by atoms with Crippen LogP contribution in [0.5, 0.6) is 0 Å². The molecule has 0 aromatic carbocycles. The van der Waals surface area contributed by atoms with E-state index in [4.69, 9.17) is 5.26 Å². The lowest BCUT2D eigenvalue weighted by Crippen LogP contribution is -2.32. The summed E-state index contributed by atoms with van der Waals surface area (Å²) in [6.07, 6.45) is 7.37. The molecule has 1 atom stereocenters. The summed E-state index contributed by atoms with van der Waals surface area (Å²) in [4.78, 5) is 8.05. The predicted molar refractivity (Wildman–Crippen MR) is 88.5 cm³/mol. The molecule has 124 valence electrons. The molecule has 1 unspecified atom stereocenters. The first-order valence-electron chi connectivity index (χ1n) is 7.87. The summed E-state index contributed by atoms with van der Waals surface area (Å²) >= 11 is 0. The molecule has 1 saturated heterocycles. The van der Waals surface area contributed by atoms with E-state index >= 15 is 0 Å². The molecule has 0 spiro atoms. The van der Waals surface area contributed by atoms with Crippen LogP contribution in [0.2, 0.25) is 0 Å². The number of aromatic nitrogens is 2. The smallest absolute Gasteiger partial charge is 0.244 e. The molecule has 3 rings (SSSR count). The monoisotopic (exact) mass is 342 g/mol. The van der Waals surface area contributed by atoms with E-state index in [1.807, 2.05) is 18.2 Å². The third-order valence-corrected chi connectivity index (χ3v) is 6.24. The van der Waals surface area contributed by atoms with Gasteiger partial charge in [-0.15, -0.1) is 0 Å². The highest BCUT2D eigenvalue weighted by atomic mass is 32.2. The lowest BCUT2D eigenvalue weighted by molar-refractivity contribution is 0.421. The molecule has 3 heterocycles. The standard InChI is InChI=1S/C17H18N4O2S/c18-12-16-3-4-17(13-20-16)24(22,23)21-10-1-2-14(7-11-21)15-5-8-19-9-6-15/h3-6,8-9,13-14H,1-2,7,10-11H2. The molecule has 1 aliphatic rings. The molecule has 0 N–H and O–H groups in total. The highest BCUT2D eigenvalue weighted by Gasteiger charge is 2.28. The second kappa shape index (κ2) is 7.07. The summed E-state index contributed by atoms with van der Waals surface area (Å²) in [7, 11) is -3.57. The normalized spacial score (nSPS) is 19.4. The second-order valence-corrected chi connectivity index (χ2v) is 7.74. The van der Waals surface area contributed by atoms with E-state index in [0.717, 1.165) is 19.3 Å². The molecule has 0 bridgehead atoms. The number of sulfonamides is 1. The summed E-state index contributed by atoms with van der Waals surface area (Å²) in [5, 5.41) is 8.78. The van der Waals surface area contributed by atoms with Crippen molar-refractivity contribution in [3.63, 3.8) is 0 Å². The highest BCUT2D eigenvalue weighted by molar-refractivity contribution is 7.89. The molecule has 0 radical (unpaired) electrons. The Kier molecular flexibility index (Phi) is 4.88. The molecule has 1 aliphatic heterocycles. The van der Waals surface area contributed by atoms with Gasteiger partial charge in [-0.2, -0.15) is 9.57 Å². The van der Waals surface area contributed by atoms with Crippen LogP contribution in [0.1, 0.15) is 36.4 Å². The average Bonchev–Trinajstić information content (AvgIpc) is 2.89. The average molecular weight is 342 g/mol. The molecule has 2 aromatic rings. The highest BCUT2D eigenvalue weighted by Crippen LogP contribution is 2.29. The molecular formula is C17H18N4O2S. The molecule has 0 saturated carbocycles. The first-order chi connectivity index (χ1) is 11.6. The van der Waals surface area contributed by atoms with Gasteiger partial charge in [-0.1, -0.05) is 0 Å². The molecule has 24 heavy (non-hydrogen) atoms. The van der Waals surface area contributed by atoms with Crippen LogP contribution in [0.3, 0.4) is 0 Å². The molecule has 0 amide bonds. The van der Waals surface area contributed by atoms with E-state index in [-0.39, 0.29) is 10.6 Å². The molecule has 1 fully saturated rings. The van der Waals surface area contributed by atoms with Crippen LogP contribution in [-0.4, -0.2) is 35.8 Å². The minimum absolute atomic E-state index is 0.142. The summed E-state index contributed by atoms with van der Waals surface area (Å²) in [6, 6.07) is 8.78. The Hall–Kier alpha value is -2.30. The Labute approximate surface area is 141 Å². The van der Waals surface area contributed by atoms with Crippen molar-refractivity contribution < 1.29 is 8.42 Å². The van der Waals surface area contributed by atoms with Crippen molar-refractivity contribution in [3.8, 4) is 6.07 Å². The van der Waals surface area contributed by atoms with Crippen LogP contribution in [0.25, 0.3) is 0 Å². The number of hydrogen-bond acceptors (Lipinski definition) is 5. The topological polar surface area (TPSA) is 87.0 Å². The first kappa shape index (κ1) is 16.6. The fourth-order valence-corrected chi connectivity index (χ4v) is 4.47. The van der Waals surface area contributed by atoms with Crippen molar-refractivity contribution in [3.05, 3.63) is 54.1 Å². The van der Waals surface area contributed by atoms with E-state index in [2.05, 4.69) is 9.97 Å². The maximum Gasteiger partial charge on any atom is 0.244 e. The quantitative estimate of drug-likeness (QED) is 0.854. The van der Waals surface area contributed by atoms with Crippen LogP contribution < -0.4 is 0 Å². The van der Waals surface area contributed by atoms with Crippen LogP contribution in [0.4, 0.5) is 0 Å². The zero-order valence-corrected chi connectivity index (χ0v) is 14.0. The Morgan fingerprint density at radius 3 is 2.58 bits per heavy atom. The third-order valence-electron chi connectivity index (χ3n) is 4.35. The maximum atomic E-state index is 12.8. The number of nitriles is 1. The fourth-order valence-electron chi connectivity index (χ4n) is 3.03. The number of pyridine rings is 2. The van der Waals surface area contributed by atoms with Crippen molar-refractivity contribution in [2.45, 2.75) is 30.1 Å². The molecular weight excluding hydrogens is 324 g/mol. The van der Waals surface area contributed by atoms with E-state index in [0.29, 0.717) is 19.0 Å². The lowest BCUT2D eigenvalue weighted by atomic mass is 9.93. The summed E-state index contributed by atoms with van der Waals surface area (Å²) in [6.45, 7) is 0.985. The Morgan fingerprint density at radius 1 is 1.12 bits per heavy atom. The van der Waals surface area contributed by atoms with Crippen molar-refractivity contribution in [2.75, 3.05) is 13.1 Å². The van der Waals surface area contributed by atoms with E-state index in [1.54, 1.807) is 12.4 Å². The number of nitrogens with zero attached hydrogens (tertiary/aromatic N) is 4. The van der Waals surface area contributed by atoms with Crippen LogP contribution in [-0.2, 0) is 10.0 Å². The van der Waals surface area contributed by atoms with Crippen LogP contribution >= 0.6 is 0 Å². The number of rotatable bonds is 3. The molecule has 2 aromatic heterocycles. The SMILES string of the molecule is N#Cc1ccc(S(=O)(=O)N2CCCC(c3ccncc3)CC2)cn1. The van der Waals surface area contributed by atoms with Gasteiger partial charge in [0.15, 0.2) is 0 Å². The Balaban J connectivity index is 1.76. The van der Waals surface area contributed by atoms with Crippen molar-refractivity contribution in [1.29, 1.82) is 5.26 Å². The van der Waals surface area contributed by atoms with Gasteiger partial charge in [0.2, 0.25) is 10.0 Å². The van der Waals surface area contributed by atoms with Gasteiger partial charge in [0.25, 0.3) is 0 Å². The van der Waals surface area contributed by atoms with E-state index < -0.39 is 10.0 Å². The van der Waals surface area contributed by atoms with Gasteiger partial charge >= 0.3 is 0 Å².